The van der Waals surface area contributed by atoms with E-state index in [4.69, 9.17) is 0 Å². The molecule has 182 valence electrons. The van der Waals surface area contributed by atoms with E-state index in [1.807, 2.05) is 0 Å². The average molecular weight is 483 g/mol. The van der Waals surface area contributed by atoms with Gasteiger partial charge in [0.1, 0.15) is 11.9 Å². The molecular weight excluding hydrogens is 462 g/mol. The number of aromatic amines is 2. The molecule has 0 radical (unpaired) electrons. The predicted octanol–water partition coefficient (Wildman–Crippen LogP) is 2.05. The Hall–Kier alpha value is -3.84. The van der Waals surface area contributed by atoms with Crippen LogP contribution in [0.5, 0.6) is 0 Å². The molecule has 3 N–H and O–H groups in total. The molecule has 3 aromatic rings. The number of rotatable bonds is 3. The Bertz CT molecular complexity index is 1350. The molecule has 0 spiro atoms. The third-order valence-electron chi connectivity index (χ3n) is 5.80. The summed E-state index contributed by atoms with van der Waals surface area (Å²) >= 11 is 0. The molecule has 2 amide bonds. The number of halogens is 4. The predicted molar refractivity (Wildman–Crippen MR) is 116 cm³/mol. The summed E-state index contributed by atoms with van der Waals surface area (Å²) in [5.41, 5.74) is -1.46. The van der Waals surface area contributed by atoms with Crippen molar-refractivity contribution in [1.82, 2.24) is 24.4 Å². The molecule has 1 saturated heterocycles. The van der Waals surface area contributed by atoms with E-state index in [-0.39, 0.29) is 13.0 Å². The Morgan fingerprint density at radius 1 is 1.26 bits per heavy atom. The van der Waals surface area contributed by atoms with Gasteiger partial charge in [0.05, 0.1) is 35.6 Å². The number of aryl methyl sites for hydroxylation is 1. The zero-order valence-corrected chi connectivity index (χ0v) is 18.1. The molecule has 0 aromatic carbocycles. The van der Waals surface area contributed by atoms with Crippen molar-refractivity contribution < 1.29 is 22.4 Å². The fourth-order valence-electron chi connectivity index (χ4n) is 3.96. The number of amides is 2. The van der Waals surface area contributed by atoms with Crippen molar-refractivity contribution in [3.8, 4) is 0 Å². The molecule has 0 saturated carbocycles. The fraction of sp³-hybridized carbons (Fsp3) is 0.400. The van der Waals surface area contributed by atoms with Gasteiger partial charge in [-0.1, -0.05) is 0 Å². The van der Waals surface area contributed by atoms with Crippen LogP contribution in [0.25, 0.3) is 11.2 Å². The molecule has 1 aliphatic heterocycles. The van der Waals surface area contributed by atoms with Gasteiger partial charge in [-0.25, -0.2) is 19.0 Å². The summed E-state index contributed by atoms with van der Waals surface area (Å²) in [4.78, 5) is 48.2. The van der Waals surface area contributed by atoms with Crippen LogP contribution in [0.15, 0.2) is 34.1 Å². The number of carbonyl (C=O) groups excluding carboxylic acids is 1. The maximum absolute atomic E-state index is 15.1. The lowest BCUT2D eigenvalue weighted by atomic mass is 10.0. The van der Waals surface area contributed by atoms with Gasteiger partial charge in [0.25, 0.3) is 5.56 Å². The second kappa shape index (κ2) is 8.50. The second-order valence-electron chi connectivity index (χ2n) is 8.08. The van der Waals surface area contributed by atoms with Crippen LogP contribution in [0.4, 0.5) is 33.7 Å². The minimum atomic E-state index is -4.71. The molecule has 0 aliphatic carbocycles. The molecule has 0 bridgehead atoms. The number of nitrogens with one attached hydrogen (secondary N) is 3. The zero-order chi connectivity index (χ0) is 24.8. The highest BCUT2D eigenvalue weighted by atomic mass is 19.4. The number of aromatic nitrogens is 4. The summed E-state index contributed by atoms with van der Waals surface area (Å²) in [6.45, 7) is 0.283. The van der Waals surface area contributed by atoms with Crippen molar-refractivity contribution in [1.29, 1.82) is 0 Å². The average Bonchev–Trinajstić information content (AvgIpc) is 3.14. The summed E-state index contributed by atoms with van der Waals surface area (Å²) in [6, 6.07) is 0.450. The van der Waals surface area contributed by atoms with Gasteiger partial charge in [-0.3, -0.25) is 9.78 Å². The van der Waals surface area contributed by atoms with Crippen LogP contribution < -0.4 is 21.5 Å². The molecule has 1 fully saturated rings. The number of hydrogen-bond donors (Lipinski definition) is 3. The van der Waals surface area contributed by atoms with Crippen LogP contribution >= 0.6 is 0 Å². The Morgan fingerprint density at radius 2 is 2.00 bits per heavy atom. The molecule has 1 aliphatic rings. The Kier molecular flexibility index (Phi) is 5.83. The SMILES string of the molecule is CN(C(=O)Nc1cc(C(F)(F)F)cn(C)c1=O)C1CCN(c2cnc3[nH]c(=O)[nH]c3c2)C[C@@H]1F. The minimum absolute atomic E-state index is 0.0740. The van der Waals surface area contributed by atoms with Gasteiger partial charge >= 0.3 is 17.9 Å². The highest BCUT2D eigenvalue weighted by Gasteiger charge is 2.35. The van der Waals surface area contributed by atoms with E-state index in [0.717, 1.165) is 16.5 Å². The number of fused-ring (bicyclic) bond motifs is 1. The summed E-state index contributed by atoms with van der Waals surface area (Å²) in [5, 5.41) is 2.17. The highest BCUT2D eigenvalue weighted by Crippen LogP contribution is 2.30. The topological polar surface area (TPSA) is 119 Å². The van der Waals surface area contributed by atoms with Crippen LogP contribution in [0.3, 0.4) is 0 Å². The number of hydrogen-bond acceptors (Lipinski definition) is 5. The Labute approximate surface area is 189 Å². The Balaban J connectivity index is 1.46. The van der Waals surface area contributed by atoms with E-state index < -0.39 is 46.9 Å². The summed E-state index contributed by atoms with van der Waals surface area (Å²) in [5.74, 6) is 0. The number of carbonyl (C=O) groups is 1. The van der Waals surface area contributed by atoms with Crippen LogP contribution in [0.2, 0.25) is 0 Å². The maximum atomic E-state index is 15.1. The number of H-pyrrole nitrogens is 2. The highest BCUT2D eigenvalue weighted by molar-refractivity contribution is 5.89. The number of alkyl halides is 4. The van der Waals surface area contributed by atoms with E-state index in [1.165, 1.54) is 13.2 Å². The van der Waals surface area contributed by atoms with Crippen molar-refractivity contribution in [3.05, 3.63) is 50.9 Å². The van der Waals surface area contributed by atoms with Crippen molar-refractivity contribution in [2.75, 3.05) is 30.4 Å². The van der Waals surface area contributed by atoms with Gasteiger partial charge in [-0.15, -0.1) is 0 Å². The molecule has 2 atom stereocenters. The first-order valence-electron chi connectivity index (χ1n) is 10.2. The molecule has 1 unspecified atom stereocenters. The lowest BCUT2D eigenvalue weighted by Crippen LogP contribution is -2.54. The number of imidazole rings is 1. The monoisotopic (exact) mass is 483 g/mol. The third-order valence-corrected chi connectivity index (χ3v) is 5.80. The first-order valence-corrected chi connectivity index (χ1v) is 10.2. The fourth-order valence-corrected chi connectivity index (χ4v) is 3.96. The molecule has 4 heterocycles. The molecule has 4 rings (SSSR count). The smallest absolute Gasteiger partial charge is 0.367 e. The number of nitrogens with zero attached hydrogens (tertiary/aromatic N) is 4. The Morgan fingerprint density at radius 3 is 2.68 bits per heavy atom. The normalized spacial score (nSPS) is 18.8. The summed E-state index contributed by atoms with van der Waals surface area (Å²) in [7, 11) is 2.46. The number of anilines is 2. The van der Waals surface area contributed by atoms with Gasteiger partial charge in [0, 0.05) is 26.8 Å². The molecule has 10 nitrogen and oxygen atoms in total. The summed E-state index contributed by atoms with van der Waals surface area (Å²) in [6.07, 6.45) is -3.86. The van der Waals surface area contributed by atoms with Crippen LogP contribution in [-0.2, 0) is 13.2 Å². The first-order chi connectivity index (χ1) is 15.9. The van der Waals surface area contributed by atoms with Crippen molar-refractivity contribution in [2.24, 2.45) is 7.05 Å². The van der Waals surface area contributed by atoms with E-state index in [1.54, 1.807) is 11.0 Å². The van der Waals surface area contributed by atoms with Crippen molar-refractivity contribution in [3.63, 3.8) is 0 Å². The molecule has 14 heteroatoms. The standard InChI is InChI=1S/C20H21F4N7O3/c1-29-8-10(20(22,23)24)5-14(17(29)32)27-19(34)30(2)15-3-4-31(9-12(15)21)11-6-13-16(25-7-11)28-18(33)26-13/h5-8,12,15H,3-4,9H2,1-2H3,(H,27,34)(H2,25,26,28,33)/t12-,15?/m0/s1. The maximum Gasteiger partial charge on any atom is 0.417 e. The third kappa shape index (κ3) is 4.47. The number of pyridine rings is 2. The lowest BCUT2D eigenvalue weighted by molar-refractivity contribution is -0.138. The zero-order valence-electron chi connectivity index (χ0n) is 18.1. The quantitative estimate of drug-likeness (QED) is 0.493. The van der Waals surface area contributed by atoms with E-state index in [2.05, 4.69) is 20.3 Å². The lowest BCUT2D eigenvalue weighted by Gasteiger charge is -2.39. The van der Waals surface area contributed by atoms with E-state index >= 15 is 4.39 Å². The van der Waals surface area contributed by atoms with Gasteiger partial charge in [0.15, 0.2) is 5.65 Å². The van der Waals surface area contributed by atoms with E-state index in [0.29, 0.717) is 35.7 Å². The van der Waals surface area contributed by atoms with Crippen LogP contribution in [0, 0.1) is 0 Å². The first kappa shape index (κ1) is 23.3. The van der Waals surface area contributed by atoms with Crippen LogP contribution in [-0.4, -0.2) is 62.8 Å². The number of urea groups is 1. The molecule has 3 aromatic heterocycles. The van der Waals surface area contributed by atoms with Crippen molar-refractivity contribution in [2.45, 2.75) is 24.8 Å². The summed E-state index contributed by atoms with van der Waals surface area (Å²) < 4.78 is 55.0. The molecule has 34 heavy (non-hydrogen) atoms. The van der Waals surface area contributed by atoms with Gasteiger partial charge in [-0.2, -0.15) is 13.2 Å². The van der Waals surface area contributed by atoms with Gasteiger partial charge in [-0.05, 0) is 18.6 Å². The van der Waals surface area contributed by atoms with Gasteiger partial charge < -0.3 is 24.7 Å². The minimum Gasteiger partial charge on any atom is -0.367 e. The van der Waals surface area contributed by atoms with Crippen molar-refractivity contribution >= 4 is 28.6 Å². The largest absolute Gasteiger partial charge is 0.417 e. The van der Waals surface area contributed by atoms with Gasteiger partial charge in [0.2, 0.25) is 0 Å². The number of piperidine rings is 1. The van der Waals surface area contributed by atoms with Crippen LogP contribution in [0.1, 0.15) is 12.0 Å². The van der Waals surface area contributed by atoms with E-state index in [9.17, 15) is 27.6 Å². The second-order valence-corrected chi connectivity index (χ2v) is 8.08. The molecular formula is C20H21F4N7O3.